The Hall–Kier alpha value is -3.56. The Morgan fingerprint density at radius 1 is 0.973 bits per heavy atom. The zero-order valence-electron chi connectivity index (χ0n) is 22.1. The van der Waals surface area contributed by atoms with Crippen LogP contribution in [-0.4, -0.2) is 46.3 Å². The number of hydrogen-bond donors (Lipinski definition) is 1. The third-order valence-corrected chi connectivity index (χ3v) is 8.63. The first-order valence-corrected chi connectivity index (χ1v) is 13.7. The predicted molar refractivity (Wildman–Crippen MR) is 146 cm³/mol. The molecule has 2 aromatic heterocycles. The summed E-state index contributed by atoms with van der Waals surface area (Å²) in [4.78, 5) is 11.5. The van der Waals surface area contributed by atoms with E-state index in [0.717, 1.165) is 12.1 Å². The minimum atomic E-state index is -3.35. The van der Waals surface area contributed by atoms with Crippen molar-refractivity contribution in [3.05, 3.63) is 66.4 Å². The van der Waals surface area contributed by atoms with E-state index in [1.807, 2.05) is 12.1 Å². The van der Waals surface area contributed by atoms with Crippen molar-refractivity contribution in [2.75, 3.05) is 12.8 Å². The van der Waals surface area contributed by atoms with Crippen LogP contribution in [0, 0.1) is 0 Å². The highest BCUT2D eigenvalue weighted by molar-refractivity contribution is 7.92. The average molecular weight is 520 g/mol. The van der Waals surface area contributed by atoms with E-state index in [1.165, 1.54) is 5.56 Å². The number of sulfone groups is 1. The van der Waals surface area contributed by atoms with Gasteiger partial charge in [-0.3, -0.25) is 4.90 Å². The molecule has 0 unspecified atom stereocenters. The average Bonchev–Trinajstić information content (AvgIpc) is 3.34. The molecule has 0 radical (unpaired) electrons. The van der Waals surface area contributed by atoms with E-state index in [1.54, 1.807) is 50.4 Å². The van der Waals surface area contributed by atoms with Crippen LogP contribution in [0.15, 0.2) is 70.2 Å². The van der Waals surface area contributed by atoms with E-state index in [4.69, 9.17) is 10.3 Å². The Morgan fingerprint density at radius 2 is 1.57 bits per heavy atom. The number of hydrogen-bond acceptors (Lipinski definition) is 8. The van der Waals surface area contributed by atoms with Crippen molar-refractivity contribution in [3.8, 4) is 34.0 Å². The number of benzene rings is 2. The highest BCUT2D eigenvalue weighted by Gasteiger charge is 2.20. The number of nitrogens with zero attached hydrogens (tertiary/aromatic N) is 4. The molecule has 0 aliphatic rings. The molecule has 0 aliphatic carbocycles. The molecular formula is C28H33N5O3S. The standard InChI is InChI=1S/C28H33N5O3S/c1-18(2)37(34,35)22-13-11-21(12-14-22)24-16-30-27(29)26(31-24)25-15-23(32-36-25)20-9-7-19(8-10-20)17-33(6)28(3,4)5/h7-16,18H,17H2,1-6H3,(H2,29,30). The van der Waals surface area contributed by atoms with Gasteiger partial charge in [0.2, 0.25) is 0 Å². The van der Waals surface area contributed by atoms with E-state index >= 15 is 0 Å². The minimum Gasteiger partial charge on any atom is -0.382 e. The largest absolute Gasteiger partial charge is 0.382 e. The van der Waals surface area contributed by atoms with Crippen LogP contribution in [0.25, 0.3) is 34.0 Å². The topological polar surface area (TPSA) is 115 Å². The summed E-state index contributed by atoms with van der Waals surface area (Å²) in [6, 6.07) is 16.6. The van der Waals surface area contributed by atoms with Crippen molar-refractivity contribution < 1.29 is 12.9 Å². The third-order valence-electron chi connectivity index (χ3n) is 6.46. The maximum atomic E-state index is 12.4. The van der Waals surface area contributed by atoms with Gasteiger partial charge in [-0.15, -0.1) is 0 Å². The molecule has 4 rings (SSSR count). The maximum Gasteiger partial charge on any atom is 0.189 e. The van der Waals surface area contributed by atoms with Gasteiger partial charge in [-0.2, -0.15) is 0 Å². The van der Waals surface area contributed by atoms with Gasteiger partial charge in [0.1, 0.15) is 5.69 Å². The first-order chi connectivity index (χ1) is 17.4. The summed E-state index contributed by atoms with van der Waals surface area (Å²) in [5, 5.41) is 3.72. The van der Waals surface area contributed by atoms with Crippen molar-refractivity contribution in [2.24, 2.45) is 0 Å². The molecule has 37 heavy (non-hydrogen) atoms. The summed E-state index contributed by atoms with van der Waals surface area (Å²) >= 11 is 0. The Balaban J connectivity index is 1.57. The lowest BCUT2D eigenvalue weighted by Crippen LogP contribution is -2.37. The summed E-state index contributed by atoms with van der Waals surface area (Å²) < 4.78 is 30.4. The second kappa shape index (κ2) is 10.1. The van der Waals surface area contributed by atoms with Gasteiger partial charge in [0.05, 0.1) is 22.0 Å². The van der Waals surface area contributed by atoms with Crippen LogP contribution in [0.3, 0.4) is 0 Å². The smallest absolute Gasteiger partial charge is 0.189 e. The van der Waals surface area contributed by atoms with E-state index in [2.05, 4.69) is 60.0 Å². The number of anilines is 1. The number of nitrogen functional groups attached to an aromatic ring is 1. The molecule has 8 nitrogen and oxygen atoms in total. The summed E-state index contributed by atoms with van der Waals surface area (Å²) in [5.74, 6) is 0.614. The zero-order valence-corrected chi connectivity index (χ0v) is 22.9. The third kappa shape index (κ3) is 5.73. The number of rotatable bonds is 7. The molecule has 0 bridgehead atoms. The molecule has 0 spiro atoms. The van der Waals surface area contributed by atoms with Gasteiger partial charge in [-0.05, 0) is 59.4 Å². The SMILES string of the molecule is CC(C)S(=O)(=O)c1ccc(-c2cnc(N)c(-c3cc(-c4ccc(CN(C)C(C)(C)C)cc4)no3)n2)cc1. The van der Waals surface area contributed by atoms with Gasteiger partial charge in [0.15, 0.2) is 27.1 Å². The quantitative estimate of drug-likeness (QED) is 0.342. The molecular weight excluding hydrogens is 486 g/mol. The molecule has 0 atom stereocenters. The molecule has 2 aromatic carbocycles. The van der Waals surface area contributed by atoms with Crippen molar-refractivity contribution in [2.45, 2.75) is 56.8 Å². The van der Waals surface area contributed by atoms with Crippen molar-refractivity contribution in [3.63, 3.8) is 0 Å². The van der Waals surface area contributed by atoms with Crippen LogP contribution in [0.4, 0.5) is 5.82 Å². The van der Waals surface area contributed by atoms with E-state index < -0.39 is 15.1 Å². The lowest BCUT2D eigenvalue weighted by molar-refractivity contribution is 0.167. The van der Waals surface area contributed by atoms with E-state index in [9.17, 15) is 8.42 Å². The molecule has 0 saturated heterocycles. The van der Waals surface area contributed by atoms with Gasteiger partial charge in [0, 0.05) is 29.3 Å². The van der Waals surface area contributed by atoms with Crippen molar-refractivity contribution in [1.29, 1.82) is 0 Å². The molecule has 0 amide bonds. The molecule has 9 heteroatoms. The summed E-state index contributed by atoms with van der Waals surface area (Å²) in [6.07, 6.45) is 1.55. The first kappa shape index (κ1) is 26.5. The highest BCUT2D eigenvalue weighted by Crippen LogP contribution is 2.30. The fourth-order valence-electron chi connectivity index (χ4n) is 3.62. The maximum absolute atomic E-state index is 12.4. The van der Waals surface area contributed by atoms with Crippen LogP contribution in [0.5, 0.6) is 0 Å². The monoisotopic (exact) mass is 519 g/mol. The molecule has 4 aromatic rings. The van der Waals surface area contributed by atoms with Crippen molar-refractivity contribution in [1.82, 2.24) is 20.0 Å². The van der Waals surface area contributed by atoms with Gasteiger partial charge < -0.3 is 10.3 Å². The zero-order chi connectivity index (χ0) is 27.0. The molecule has 0 aliphatic heterocycles. The van der Waals surface area contributed by atoms with Crippen LogP contribution >= 0.6 is 0 Å². The van der Waals surface area contributed by atoms with Gasteiger partial charge in [0.25, 0.3) is 0 Å². The Kier molecular flexibility index (Phi) is 7.21. The summed E-state index contributed by atoms with van der Waals surface area (Å²) in [5.41, 5.74) is 10.6. The Morgan fingerprint density at radius 3 is 2.16 bits per heavy atom. The van der Waals surface area contributed by atoms with E-state index in [0.29, 0.717) is 28.4 Å². The predicted octanol–water partition coefficient (Wildman–Crippen LogP) is 5.46. The Bertz CT molecular complexity index is 1490. The van der Waals surface area contributed by atoms with Crippen LogP contribution < -0.4 is 5.73 Å². The molecule has 0 saturated carbocycles. The highest BCUT2D eigenvalue weighted by atomic mass is 32.2. The summed E-state index contributed by atoms with van der Waals surface area (Å²) in [6.45, 7) is 10.7. The number of aromatic nitrogens is 3. The van der Waals surface area contributed by atoms with Crippen LogP contribution in [0.1, 0.15) is 40.2 Å². The summed E-state index contributed by atoms with van der Waals surface area (Å²) in [7, 11) is -1.24. The first-order valence-electron chi connectivity index (χ1n) is 12.1. The van der Waals surface area contributed by atoms with Crippen molar-refractivity contribution >= 4 is 15.7 Å². The van der Waals surface area contributed by atoms with E-state index in [-0.39, 0.29) is 16.3 Å². The molecule has 2 heterocycles. The van der Waals surface area contributed by atoms with Crippen LogP contribution in [0.2, 0.25) is 0 Å². The fourth-order valence-corrected chi connectivity index (χ4v) is 4.68. The van der Waals surface area contributed by atoms with Gasteiger partial charge in [-0.1, -0.05) is 41.6 Å². The Labute approximate surface area is 218 Å². The normalized spacial score (nSPS) is 12.4. The van der Waals surface area contributed by atoms with Crippen LogP contribution in [-0.2, 0) is 16.4 Å². The molecule has 2 N–H and O–H groups in total. The molecule has 0 fully saturated rings. The molecule has 194 valence electrons. The number of nitrogens with two attached hydrogens (primary N) is 1. The van der Waals surface area contributed by atoms with Gasteiger partial charge >= 0.3 is 0 Å². The second-order valence-electron chi connectivity index (χ2n) is 10.4. The van der Waals surface area contributed by atoms with Gasteiger partial charge in [-0.25, -0.2) is 18.4 Å². The minimum absolute atomic E-state index is 0.0863. The fraction of sp³-hybridized carbons (Fsp3) is 0.321. The second-order valence-corrected chi connectivity index (χ2v) is 12.9. The lowest BCUT2D eigenvalue weighted by Gasteiger charge is -2.31. The lowest BCUT2D eigenvalue weighted by atomic mass is 10.0.